The fraction of sp³-hybridized carbons (Fsp3) is 0. The van der Waals surface area contributed by atoms with E-state index in [9.17, 15) is 4.39 Å². The van der Waals surface area contributed by atoms with E-state index < -0.39 is 5.82 Å². The van der Waals surface area contributed by atoms with Crippen LogP contribution in [0.4, 0.5) is 10.1 Å². The van der Waals surface area contributed by atoms with Gasteiger partial charge in [-0.25, -0.2) is 4.39 Å². The predicted octanol–water partition coefficient (Wildman–Crippen LogP) is 1.94. The first-order valence-corrected chi connectivity index (χ1v) is 3.65. The first kappa shape index (κ1) is 7.36. The molecule has 1 aromatic heterocycles. The zero-order chi connectivity index (χ0) is 8.72. The Morgan fingerprint density at radius 2 is 2.25 bits per heavy atom. The van der Waals surface area contributed by atoms with Gasteiger partial charge in [-0.3, -0.25) is 5.10 Å². The third-order valence-corrected chi connectivity index (χ3v) is 1.92. The van der Waals surface area contributed by atoms with Gasteiger partial charge in [0.2, 0.25) is 0 Å². The van der Waals surface area contributed by atoms with Gasteiger partial charge in [0, 0.05) is 0 Å². The summed E-state index contributed by atoms with van der Waals surface area (Å²) in [5.41, 5.74) is 5.89. The van der Waals surface area contributed by atoms with Crippen LogP contribution in [0.1, 0.15) is 0 Å². The van der Waals surface area contributed by atoms with E-state index in [4.69, 9.17) is 17.3 Å². The van der Waals surface area contributed by atoms with Gasteiger partial charge in [0.15, 0.2) is 5.82 Å². The standard InChI is InChI=1S/C7H5ClFN3/c8-7-5-4(11-12-7)2-1-3(10)6(5)9/h1-2H,10H2,(H,11,12). The number of anilines is 1. The number of hydrogen-bond acceptors (Lipinski definition) is 2. The van der Waals surface area contributed by atoms with Crippen molar-refractivity contribution in [3.8, 4) is 0 Å². The van der Waals surface area contributed by atoms with E-state index in [1.807, 2.05) is 0 Å². The lowest BCUT2D eigenvalue weighted by molar-refractivity contribution is 0.644. The van der Waals surface area contributed by atoms with Crippen molar-refractivity contribution >= 4 is 28.2 Å². The molecule has 3 nitrogen and oxygen atoms in total. The highest BCUT2D eigenvalue weighted by atomic mass is 35.5. The molecule has 5 heteroatoms. The molecule has 0 spiro atoms. The van der Waals surface area contributed by atoms with E-state index in [1.54, 1.807) is 6.07 Å². The van der Waals surface area contributed by atoms with E-state index in [1.165, 1.54) is 6.07 Å². The van der Waals surface area contributed by atoms with Crippen LogP contribution in [0.2, 0.25) is 5.15 Å². The van der Waals surface area contributed by atoms with Crippen LogP contribution in [0.25, 0.3) is 10.9 Å². The molecule has 0 atom stereocenters. The van der Waals surface area contributed by atoms with E-state index in [0.717, 1.165) is 0 Å². The first-order valence-electron chi connectivity index (χ1n) is 3.27. The maximum absolute atomic E-state index is 13.2. The highest BCUT2D eigenvalue weighted by Gasteiger charge is 2.10. The van der Waals surface area contributed by atoms with Crippen molar-refractivity contribution in [3.05, 3.63) is 23.1 Å². The number of nitrogens with zero attached hydrogens (tertiary/aromatic N) is 1. The normalized spacial score (nSPS) is 10.8. The van der Waals surface area contributed by atoms with E-state index in [2.05, 4.69) is 10.2 Å². The summed E-state index contributed by atoms with van der Waals surface area (Å²) in [6, 6.07) is 3.06. The molecule has 0 aliphatic rings. The molecule has 0 unspecified atom stereocenters. The molecule has 0 radical (unpaired) electrons. The van der Waals surface area contributed by atoms with E-state index in [-0.39, 0.29) is 16.2 Å². The Kier molecular flexibility index (Phi) is 1.44. The lowest BCUT2D eigenvalue weighted by Gasteiger charge is -1.95. The Labute approximate surface area is 72.3 Å². The molecule has 0 aliphatic carbocycles. The summed E-state index contributed by atoms with van der Waals surface area (Å²) in [5, 5.41) is 6.65. The van der Waals surface area contributed by atoms with Crippen molar-refractivity contribution in [1.82, 2.24) is 10.2 Å². The number of aromatic nitrogens is 2. The molecule has 0 saturated heterocycles. The average Bonchev–Trinajstić information content (AvgIpc) is 2.41. The Bertz CT molecular complexity index is 437. The van der Waals surface area contributed by atoms with E-state index >= 15 is 0 Å². The zero-order valence-corrected chi connectivity index (χ0v) is 6.69. The van der Waals surface area contributed by atoms with Gasteiger partial charge in [0.25, 0.3) is 0 Å². The van der Waals surface area contributed by atoms with Crippen LogP contribution in [-0.4, -0.2) is 10.2 Å². The van der Waals surface area contributed by atoms with Crippen LogP contribution in [0.15, 0.2) is 12.1 Å². The Morgan fingerprint density at radius 3 is 3.00 bits per heavy atom. The summed E-state index contributed by atoms with van der Waals surface area (Å²) in [4.78, 5) is 0. The third kappa shape index (κ3) is 0.848. The number of nitrogens with two attached hydrogens (primary N) is 1. The maximum atomic E-state index is 13.2. The number of H-pyrrole nitrogens is 1. The van der Waals surface area contributed by atoms with E-state index in [0.29, 0.717) is 5.52 Å². The minimum absolute atomic E-state index is 0.0748. The number of benzene rings is 1. The number of rotatable bonds is 0. The lowest BCUT2D eigenvalue weighted by atomic mass is 10.2. The minimum Gasteiger partial charge on any atom is -0.396 e. The third-order valence-electron chi connectivity index (χ3n) is 1.64. The van der Waals surface area contributed by atoms with Crippen molar-refractivity contribution in [2.24, 2.45) is 0 Å². The van der Waals surface area contributed by atoms with Crippen LogP contribution in [-0.2, 0) is 0 Å². The van der Waals surface area contributed by atoms with Crippen molar-refractivity contribution in [2.75, 3.05) is 5.73 Å². The SMILES string of the molecule is Nc1ccc2n[nH]c(Cl)c2c1F. The molecule has 62 valence electrons. The van der Waals surface area contributed by atoms with Crippen molar-refractivity contribution in [3.63, 3.8) is 0 Å². The average molecular weight is 186 g/mol. The maximum Gasteiger partial charge on any atom is 0.158 e. The van der Waals surface area contributed by atoms with Gasteiger partial charge in [0.1, 0.15) is 5.15 Å². The van der Waals surface area contributed by atoms with Gasteiger partial charge in [-0.15, -0.1) is 0 Å². The molecule has 1 heterocycles. The van der Waals surface area contributed by atoms with Crippen molar-refractivity contribution in [2.45, 2.75) is 0 Å². The Balaban J connectivity index is 2.96. The second-order valence-electron chi connectivity index (χ2n) is 2.40. The molecular weight excluding hydrogens is 181 g/mol. The molecule has 0 aliphatic heterocycles. The molecule has 0 amide bonds. The smallest absolute Gasteiger partial charge is 0.158 e. The van der Waals surface area contributed by atoms with Gasteiger partial charge in [0.05, 0.1) is 16.6 Å². The Hall–Kier alpha value is -1.29. The largest absolute Gasteiger partial charge is 0.396 e. The number of nitrogens with one attached hydrogen (secondary N) is 1. The molecular formula is C7H5ClFN3. The van der Waals surface area contributed by atoms with Crippen LogP contribution in [0.3, 0.4) is 0 Å². The van der Waals surface area contributed by atoms with Gasteiger partial charge >= 0.3 is 0 Å². The summed E-state index contributed by atoms with van der Waals surface area (Å²) in [5.74, 6) is -0.522. The second-order valence-corrected chi connectivity index (χ2v) is 2.78. The number of hydrogen-bond donors (Lipinski definition) is 2. The summed E-state index contributed by atoms with van der Waals surface area (Å²) < 4.78 is 13.2. The Morgan fingerprint density at radius 1 is 1.50 bits per heavy atom. The monoisotopic (exact) mass is 185 g/mol. The summed E-state index contributed by atoms with van der Waals surface area (Å²) in [6.07, 6.45) is 0. The fourth-order valence-electron chi connectivity index (χ4n) is 1.05. The molecule has 1 aromatic carbocycles. The zero-order valence-electron chi connectivity index (χ0n) is 5.94. The lowest BCUT2D eigenvalue weighted by Crippen LogP contribution is -1.89. The molecule has 0 fully saturated rings. The van der Waals surface area contributed by atoms with Gasteiger partial charge in [-0.2, -0.15) is 5.10 Å². The summed E-state index contributed by atoms with van der Waals surface area (Å²) >= 11 is 5.64. The van der Waals surface area contributed by atoms with Gasteiger partial charge in [-0.1, -0.05) is 11.6 Å². The molecule has 12 heavy (non-hydrogen) atoms. The minimum atomic E-state index is -0.522. The predicted molar refractivity (Wildman–Crippen MR) is 45.5 cm³/mol. The van der Waals surface area contributed by atoms with Crippen LogP contribution in [0, 0.1) is 5.82 Å². The topological polar surface area (TPSA) is 54.7 Å². The quantitative estimate of drug-likeness (QED) is 0.617. The molecule has 0 saturated carbocycles. The number of halogens is 2. The molecule has 0 bridgehead atoms. The first-order chi connectivity index (χ1) is 5.70. The summed E-state index contributed by atoms with van der Waals surface area (Å²) in [6.45, 7) is 0. The number of aromatic amines is 1. The van der Waals surface area contributed by atoms with Crippen molar-refractivity contribution < 1.29 is 4.39 Å². The summed E-state index contributed by atoms with van der Waals surface area (Å²) in [7, 11) is 0. The van der Waals surface area contributed by atoms with Crippen LogP contribution in [0.5, 0.6) is 0 Å². The van der Waals surface area contributed by atoms with Gasteiger partial charge < -0.3 is 5.73 Å². The molecule has 2 aromatic rings. The van der Waals surface area contributed by atoms with Crippen molar-refractivity contribution in [1.29, 1.82) is 0 Å². The molecule has 3 N–H and O–H groups in total. The highest BCUT2D eigenvalue weighted by Crippen LogP contribution is 2.26. The highest BCUT2D eigenvalue weighted by molar-refractivity contribution is 6.34. The van der Waals surface area contributed by atoms with Crippen LogP contribution >= 0.6 is 11.6 Å². The molecule has 2 rings (SSSR count). The van der Waals surface area contributed by atoms with Crippen LogP contribution < -0.4 is 5.73 Å². The number of fused-ring (bicyclic) bond motifs is 1. The van der Waals surface area contributed by atoms with Gasteiger partial charge in [-0.05, 0) is 12.1 Å². The second kappa shape index (κ2) is 2.35. The fourth-order valence-corrected chi connectivity index (χ4v) is 1.27. The number of nitrogen functional groups attached to an aromatic ring is 1.